The smallest absolute Gasteiger partial charge is 0.243 e. The highest BCUT2D eigenvalue weighted by molar-refractivity contribution is 7.89. The number of aryl methyl sites for hydroxylation is 1. The summed E-state index contributed by atoms with van der Waals surface area (Å²) in [4.78, 5) is 13.3. The molecule has 0 aromatic heterocycles. The number of carbonyl (C=O) groups is 1. The zero-order chi connectivity index (χ0) is 17.2. The van der Waals surface area contributed by atoms with E-state index in [-0.39, 0.29) is 16.9 Å². The third kappa shape index (κ3) is 4.03. The van der Waals surface area contributed by atoms with Gasteiger partial charge in [0.25, 0.3) is 0 Å². The molecule has 0 atom stereocenters. The molecule has 6 nitrogen and oxygen atoms in total. The minimum Gasteiger partial charge on any atom is -0.491 e. The van der Waals surface area contributed by atoms with Crippen molar-refractivity contribution in [1.82, 2.24) is 9.21 Å². The van der Waals surface area contributed by atoms with Crippen LogP contribution in [0.3, 0.4) is 0 Å². The summed E-state index contributed by atoms with van der Waals surface area (Å²) in [5.74, 6) is 0.674. The van der Waals surface area contributed by atoms with Crippen LogP contribution in [0.4, 0.5) is 0 Å². The van der Waals surface area contributed by atoms with Crippen molar-refractivity contribution in [2.24, 2.45) is 0 Å². The van der Waals surface area contributed by atoms with E-state index in [1.54, 1.807) is 23.1 Å². The Morgan fingerprint density at radius 1 is 1.17 bits per heavy atom. The van der Waals surface area contributed by atoms with E-state index < -0.39 is 10.0 Å². The number of carbonyl (C=O) groups excluding carboxylic acids is 1. The molecule has 1 heterocycles. The second-order valence-corrected chi connectivity index (χ2v) is 7.94. The van der Waals surface area contributed by atoms with Crippen LogP contribution in [0.15, 0.2) is 23.1 Å². The van der Waals surface area contributed by atoms with Crippen molar-refractivity contribution in [1.29, 1.82) is 0 Å². The van der Waals surface area contributed by atoms with E-state index in [1.807, 2.05) is 20.8 Å². The van der Waals surface area contributed by atoms with Crippen LogP contribution in [-0.4, -0.2) is 55.8 Å². The molecule has 0 unspecified atom stereocenters. The molecular formula is C16H24N2O4S. The molecule has 128 valence electrons. The van der Waals surface area contributed by atoms with Crippen LogP contribution >= 0.6 is 0 Å². The second-order valence-electron chi connectivity index (χ2n) is 6.00. The largest absolute Gasteiger partial charge is 0.491 e. The highest BCUT2D eigenvalue weighted by atomic mass is 32.2. The van der Waals surface area contributed by atoms with Crippen molar-refractivity contribution in [3.05, 3.63) is 23.8 Å². The first-order valence-electron chi connectivity index (χ1n) is 7.75. The summed E-state index contributed by atoms with van der Waals surface area (Å²) in [5, 5.41) is 0. The zero-order valence-electron chi connectivity index (χ0n) is 14.1. The number of ether oxygens (including phenoxy) is 1. The summed E-state index contributed by atoms with van der Waals surface area (Å²) in [6, 6.07) is 4.93. The summed E-state index contributed by atoms with van der Waals surface area (Å²) >= 11 is 0. The van der Waals surface area contributed by atoms with Crippen molar-refractivity contribution in [3.8, 4) is 5.75 Å². The topological polar surface area (TPSA) is 66.9 Å². The molecule has 0 radical (unpaired) electrons. The number of nitrogens with zero attached hydrogens (tertiary/aromatic N) is 2. The molecule has 2 rings (SSSR count). The van der Waals surface area contributed by atoms with Crippen LogP contribution in [0.2, 0.25) is 0 Å². The first-order valence-corrected chi connectivity index (χ1v) is 9.19. The summed E-state index contributed by atoms with van der Waals surface area (Å²) in [7, 11) is -3.54. The van der Waals surface area contributed by atoms with E-state index >= 15 is 0 Å². The molecule has 1 amide bonds. The van der Waals surface area contributed by atoms with Gasteiger partial charge in [-0.15, -0.1) is 0 Å². The van der Waals surface area contributed by atoms with E-state index in [1.165, 1.54) is 11.2 Å². The molecule has 1 fully saturated rings. The number of hydrogen-bond acceptors (Lipinski definition) is 4. The Kier molecular flexibility index (Phi) is 5.31. The predicted octanol–water partition coefficient (Wildman–Crippen LogP) is 1.64. The van der Waals surface area contributed by atoms with E-state index in [2.05, 4.69) is 0 Å². The molecule has 23 heavy (non-hydrogen) atoms. The fraction of sp³-hybridized carbons (Fsp3) is 0.562. The number of sulfonamides is 1. The molecule has 1 aromatic rings. The lowest BCUT2D eigenvalue weighted by molar-refractivity contribution is -0.129. The molecule has 0 spiro atoms. The maximum absolute atomic E-state index is 12.7. The average molecular weight is 340 g/mol. The van der Waals surface area contributed by atoms with Gasteiger partial charge in [-0.25, -0.2) is 8.42 Å². The quantitative estimate of drug-likeness (QED) is 0.836. The summed E-state index contributed by atoms with van der Waals surface area (Å²) in [6.07, 6.45) is 0.0378. The Bertz CT molecular complexity index is 677. The molecule has 1 aliphatic heterocycles. The highest BCUT2D eigenvalue weighted by Crippen LogP contribution is 2.25. The van der Waals surface area contributed by atoms with Crippen LogP contribution in [0.5, 0.6) is 5.75 Å². The van der Waals surface area contributed by atoms with Gasteiger partial charge in [-0.1, -0.05) is 0 Å². The first-order chi connectivity index (χ1) is 10.7. The van der Waals surface area contributed by atoms with Gasteiger partial charge >= 0.3 is 0 Å². The first kappa shape index (κ1) is 17.7. The summed E-state index contributed by atoms with van der Waals surface area (Å²) in [5.41, 5.74) is 0.794. The van der Waals surface area contributed by atoms with Crippen LogP contribution in [-0.2, 0) is 14.8 Å². The maximum Gasteiger partial charge on any atom is 0.243 e. The van der Waals surface area contributed by atoms with Gasteiger partial charge < -0.3 is 9.64 Å². The Labute approximate surface area is 138 Å². The fourth-order valence-corrected chi connectivity index (χ4v) is 4.07. The van der Waals surface area contributed by atoms with Gasteiger partial charge in [0, 0.05) is 33.1 Å². The molecule has 1 saturated heterocycles. The molecular weight excluding hydrogens is 316 g/mol. The van der Waals surface area contributed by atoms with Crippen molar-refractivity contribution < 1.29 is 17.9 Å². The van der Waals surface area contributed by atoms with Gasteiger partial charge in [0.05, 0.1) is 11.0 Å². The summed E-state index contributed by atoms with van der Waals surface area (Å²) < 4.78 is 32.5. The Morgan fingerprint density at radius 2 is 1.78 bits per heavy atom. The monoisotopic (exact) mass is 340 g/mol. The Hall–Kier alpha value is -1.60. The Morgan fingerprint density at radius 3 is 2.26 bits per heavy atom. The lowest BCUT2D eigenvalue weighted by atomic mass is 10.2. The van der Waals surface area contributed by atoms with Crippen LogP contribution < -0.4 is 4.74 Å². The standard InChI is InChI=1S/C16H24N2O4S/c1-12(2)22-16-6-5-15(11-13(16)3)23(20,21)18-9-7-17(8-10-18)14(4)19/h5-6,11-12H,7-10H2,1-4H3. The number of hydrogen-bond donors (Lipinski definition) is 0. The number of amides is 1. The van der Waals surface area contributed by atoms with E-state index in [9.17, 15) is 13.2 Å². The number of piperazine rings is 1. The third-order valence-corrected chi connectivity index (χ3v) is 5.73. The molecule has 0 N–H and O–H groups in total. The van der Waals surface area contributed by atoms with Crippen LogP contribution in [0.1, 0.15) is 26.3 Å². The molecule has 0 bridgehead atoms. The molecule has 1 aromatic carbocycles. The Balaban J connectivity index is 2.17. The normalized spacial score (nSPS) is 16.7. The van der Waals surface area contributed by atoms with Crippen LogP contribution in [0.25, 0.3) is 0 Å². The van der Waals surface area contributed by atoms with Gasteiger partial charge in [0.2, 0.25) is 15.9 Å². The number of rotatable bonds is 4. The van der Waals surface area contributed by atoms with Crippen LogP contribution in [0, 0.1) is 6.92 Å². The lowest BCUT2D eigenvalue weighted by Gasteiger charge is -2.33. The van der Waals surface area contributed by atoms with E-state index in [0.717, 1.165) is 5.56 Å². The van der Waals surface area contributed by atoms with Gasteiger partial charge in [0.15, 0.2) is 0 Å². The van der Waals surface area contributed by atoms with Gasteiger partial charge in [-0.05, 0) is 44.5 Å². The lowest BCUT2D eigenvalue weighted by Crippen LogP contribution is -2.49. The fourth-order valence-electron chi connectivity index (χ4n) is 2.56. The van der Waals surface area contributed by atoms with Gasteiger partial charge in [-0.2, -0.15) is 4.31 Å². The minimum atomic E-state index is -3.54. The minimum absolute atomic E-state index is 0.0203. The number of benzene rings is 1. The zero-order valence-corrected chi connectivity index (χ0v) is 14.9. The highest BCUT2D eigenvalue weighted by Gasteiger charge is 2.29. The molecule has 0 saturated carbocycles. The van der Waals surface area contributed by atoms with Crippen molar-refractivity contribution in [2.75, 3.05) is 26.2 Å². The molecule has 0 aliphatic carbocycles. The van der Waals surface area contributed by atoms with Crippen molar-refractivity contribution in [2.45, 2.75) is 38.7 Å². The molecule has 1 aliphatic rings. The molecule has 7 heteroatoms. The predicted molar refractivity (Wildman–Crippen MR) is 88.0 cm³/mol. The average Bonchev–Trinajstić information content (AvgIpc) is 2.49. The van der Waals surface area contributed by atoms with Gasteiger partial charge in [0.1, 0.15) is 5.75 Å². The van der Waals surface area contributed by atoms with Crippen molar-refractivity contribution >= 4 is 15.9 Å². The van der Waals surface area contributed by atoms with E-state index in [0.29, 0.717) is 31.9 Å². The van der Waals surface area contributed by atoms with Gasteiger partial charge in [-0.3, -0.25) is 4.79 Å². The third-order valence-electron chi connectivity index (χ3n) is 3.83. The van der Waals surface area contributed by atoms with Crippen molar-refractivity contribution in [3.63, 3.8) is 0 Å². The maximum atomic E-state index is 12.7. The SMILES string of the molecule is CC(=O)N1CCN(S(=O)(=O)c2ccc(OC(C)C)c(C)c2)CC1. The summed E-state index contributed by atoms with van der Waals surface area (Å²) in [6.45, 7) is 8.71. The van der Waals surface area contributed by atoms with E-state index in [4.69, 9.17) is 4.74 Å². The second kappa shape index (κ2) is 6.88.